The highest BCUT2D eigenvalue weighted by molar-refractivity contribution is 5.83. The van der Waals surface area contributed by atoms with Crippen LogP contribution in [0.3, 0.4) is 0 Å². The first-order valence-corrected chi connectivity index (χ1v) is 18.7. The molecule has 0 unspecified atom stereocenters. The lowest BCUT2D eigenvalue weighted by Crippen LogP contribution is -2.48. The number of piperidine rings is 1. The molecule has 54 heavy (non-hydrogen) atoms. The molecule has 3 fully saturated rings. The van der Waals surface area contributed by atoms with Crippen LogP contribution in [0.25, 0.3) is 11.1 Å². The highest BCUT2D eigenvalue weighted by Crippen LogP contribution is 2.40. The standard InChI is InChI=1S/C43H49N3O8/c1-50-40(48)38(24-30-7-3-2-4-8-30)45-42(49)44-27-32-9-5-10-34(23-32)35-11-6-12-36(25-35)41-53-37(26-39(54-41)33-15-13-31(29-47)14-16-33)28-46-19-17-43(18-20-46)51-21-22-52-43/h2-16,23,25,37-39,41,47H,17-22,24,26-29H2,1H3,(H2,44,45,49)/t37-,38-,39+,41+/m0/s1. The van der Waals surface area contributed by atoms with Crippen molar-refractivity contribution in [2.75, 3.05) is 40.0 Å². The van der Waals surface area contributed by atoms with Crippen molar-refractivity contribution < 1.29 is 38.4 Å². The van der Waals surface area contributed by atoms with Crippen molar-refractivity contribution in [1.29, 1.82) is 0 Å². The number of aliphatic hydroxyl groups is 1. The second-order valence-corrected chi connectivity index (χ2v) is 14.2. The zero-order chi connectivity index (χ0) is 37.3. The predicted molar refractivity (Wildman–Crippen MR) is 202 cm³/mol. The molecule has 0 aromatic heterocycles. The van der Waals surface area contributed by atoms with Crippen molar-refractivity contribution in [1.82, 2.24) is 15.5 Å². The lowest BCUT2D eigenvalue weighted by atomic mass is 9.97. The second kappa shape index (κ2) is 17.7. The molecule has 11 heteroatoms. The molecule has 3 saturated heterocycles. The van der Waals surface area contributed by atoms with E-state index < -0.39 is 30.1 Å². The number of nitrogens with one attached hydrogen (secondary N) is 2. The number of urea groups is 1. The number of amides is 2. The van der Waals surface area contributed by atoms with E-state index in [2.05, 4.69) is 27.7 Å². The van der Waals surface area contributed by atoms with Gasteiger partial charge >= 0.3 is 12.0 Å². The fourth-order valence-corrected chi connectivity index (χ4v) is 7.49. The zero-order valence-electron chi connectivity index (χ0n) is 30.7. The summed E-state index contributed by atoms with van der Waals surface area (Å²) >= 11 is 0. The average Bonchev–Trinajstić information content (AvgIpc) is 3.68. The number of rotatable bonds is 12. The highest BCUT2D eigenvalue weighted by atomic mass is 16.7. The number of hydrogen-bond donors (Lipinski definition) is 3. The van der Waals surface area contributed by atoms with Gasteiger partial charge in [0.05, 0.1) is 39.1 Å². The van der Waals surface area contributed by atoms with Gasteiger partial charge in [-0.05, 0) is 45.5 Å². The Kier molecular flexibility index (Phi) is 12.3. The molecule has 2 amide bonds. The maximum absolute atomic E-state index is 12.9. The van der Waals surface area contributed by atoms with Crippen molar-refractivity contribution in [3.05, 3.63) is 131 Å². The molecule has 3 aliphatic heterocycles. The summed E-state index contributed by atoms with van der Waals surface area (Å²) in [4.78, 5) is 27.8. The Bertz CT molecular complexity index is 1840. The van der Waals surface area contributed by atoms with Crippen LogP contribution in [0.2, 0.25) is 0 Å². The molecule has 3 aliphatic rings. The minimum atomic E-state index is -0.817. The number of benzene rings is 4. The van der Waals surface area contributed by atoms with Crippen LogP contribution in [0.5, 0.6) is 0 Å². The first kappa shape index (κ1) is 37.7. The van der Waals surface area contributed by atoms with Crippen molar-refractivity contribution in [2.45, 2.75) is 69.2 Å². The van der Waals surface area contributed by atoms with Crippen LogP contribution in [0.15, 0.2) is 103 Å². The molecule has 4 aromatic rings. The zero-order valence-corrected chi connectivity index (χ0v) is 30.7. The van der Waals surface area contributed by atoms with E-state index in [4.69, 9.17) is 23.7 Å². The Balaban J connectivity index is 1.02. The van der Waals surface area contributed by atoms with E-state index >= 15 is 0 Å². The third kappa shape index (κ3) is 9.54. The molecule has 1 spiro atoms. The molecule has 4 atom stereocenters. The number of carbonyl (C=O) groups is 2. The SMILES string of the molecule is COC(=O)[C@H](Cc1ccccc1)NC(=O)NCc1cccc(-c2cccc([C@@H]3O[C@H](CN4CCC5(CC4)OCCO5)C[C@H](c4ccc(CO)cc4)O3)c2)c1. The molecule has 0 bridgehead atoms. The normalized spacial score (nSPS) is 21.7. The molecule has 4 aromatic carbocycles. The van der Waals surface area contributed by atoms with Crippen LogP contribution in [-0.2, 0) is 48.1 Å². The molecule has 3 heterocycles. The third-order valence-corrected chi connectivity index (χ3v) is 10.5. The van der Waals surface area contributed by atoms with Gasteiger partial charge < -0.3 is 44.3 Å². The average molecular weight is 736 g/mol. The number of hydrogen-bond acceptors (Lipinski definition) is 9. The number of esters is 1. The van der Waals surface area contributed by atoms with Crippen molar-refractivity contribution in [2.24, 2.45) is 0 Å². The molecule has 7 rings (SSSR count). The van der Waals surface area contributed by atoms with Gasteiger partial charge in [0.25, 0.3) is 0 Å². The number of ether oxygens (including phenoxy) is 5. The first-order valence-electron chi connectivity index (χ1n) is 18.7. The van der Waals surface area contributed by atoms with E-state index in [-0.39, 0.29) is 25.4 Å². The first-order chi connectivity index (χ1) is 26.4. The maximum Gasteiger partial charge on any atom is 0.328 e. The monoisotopic (exact) mass is 735 g/mol. The minimum Gasteiger partial charge on any atom is -0.467 e. The van der Waals surface area contributed by atoms with Gasteiger partial charge in [-0.2, -0.15) is 0 Å². The quantitative estimate of drug-likeness (QED) is 0.155. The topological polar surface area (TPSA) is 128 Å². The smallest absolute Gasteiger partial charge is 0.328 e. The van der Waals surface area contributed by atoms with Gasteiger partial charge in [0.1, 0.15) is 6.04 Å². The van der Waals surface area contributed by atoms with Gasteiger partial charge in [0.15, 0.2) is 12.1 Å². The second-order valence-electron chi connectivity index (χ2n) is 14.2. The van der Waals surface area contributed by atoms with Crippen LogP contribution in [-0.4, -0.2) is 79.9 Å². The molecule has 284 valence electrons. The fraction of sp³-hybridized carbons (Fsp3) is 0.395. The summed E-state index contributed by atoms with van der Waals surface area (Å²) in [5.41, 5.74) is 6.61. The largest absolute Gasteiger partial charge is 0.467 e. The molecular weight excluding hydrogens is 686 g/mol. The number of carbonyl (C=O) groups excluding carboxylic acids is 2. The fourth-order valence-electron chi connectivity index (χ4n) is 7.49. The number of methoxy groups -OCH3 is 1. The van der Waals surface area contributed by atoms with Crippen LogP contribution in [0, 0.1) is 0 Å². The Morgan fingerprint density at radius 3 is 2.26 bits per heavy atom. The van der Waals surface area contributed by atoms with E-state index in [0.29, 0.717) is 26.1 Å². The van der Waals surface area contributed by atoms with Crippen molar-refractivity contribution >= 4 is 12.0 Å². The van der Waals surface area contributed by atoms with Crippen LogP contribution in [0.4, 0.5) is 4.79 Å². The molecule has 11 nitrogen and oxygen atoms in total. The van der Waals surface area contributed by atoms with Gasteiger partial charge in [-0.1, -0.05) is 91.0 Å². The van der Waals surface area contributed by atoms with Crippen molar-refractivity contribution in [3.8, 4) is 11.1 Å². The molecule has 0 saturated carbocycles. The van der Waals surface area contributed by atoms with Gasteiger partial charge in [0, 0.05) is 57.4 Å². The van der Waals surface area contributed by atoms with Crippen LogP contribution >= 0.6 is 0 Å². The van der Waals surface area contributed by atoms with Gasteiger partial charge in [0.2, 0.25) is 0 Å². The van der Waals surface area contributed by atoms with E-state index in [1.165, 1.54) is 7.11 Å². The summed E-state index contributed by atoms with van der Waals surface area (Å²) in [5.74, 6) is -0.934. The summed E-state index contributed by atoms with van der Waals surface area (Å²) in [6.45, 7) is 4.11. The van der Waals surface area contributed by atoms with Crippen LogP contribution in [0.1, 0.15) is 59.5 Å². The summed E-state index contributed by atoms with van der Waals surface area (Å²) in [5, 5.41) is 15.3. The summed E-state index contributed by atoms with van der Waals surface area (Å²) in [6.07, 6.45) is 1.87. The minimum absolute atomic E-state index is 0.00802. The van der Waals surface area contributed by atoms with E-state index in [0.717, 1.165) is 71.4 Å². The Hall–Kier alpha value is -4.62. The van der Waals surface area contributed by atoms with Gasteiger partial charge in [-0.3, -0.25) is 0 Å². The van der Waals surface area contributed by atoms with E-state index in [9.17, 15) is 14.7 Å². The molecule has 0 aliphatic carbocycles. The summed E-state index contributed by atoms with van der Waals surface area (Å²) in [6, 6.07) is 32.4. The van der Waals surface area contributed by atoms with E-state index in [1.54, 1.807) is 0 Å². The summed E-state index contributed by atoms with van der Waals surface area (Å²) in [7, 11) is 1.31. The van der Waals surface area contributed by atoms with E-state index in [1.807, 2.05) is 91.0 Å². The molecule has 0 radical (unpaired) electrons. The highest BCUT2D eigenvalue weighted by Gasteiger charge is 2.41. The molecular formula is C43H49N3O8. The third-order valence-electron chi connectivity index (χ3n) is 10.5. The van der Waals surface area contributed by atoms with Crippen LogP contribution < -0.4 is 10.6 Å². The lowest BCUT2D eigenvalue weighted by molar-refractivity contribution is -0.255. The number of nitrogens with zero attached hydrogens (tertiary/aromatic N) is 1. The number of likely N-dealkylation sites (tertiary alicyclic amines) is 1. The Labute approximate surface area is 316 Å². The van der Waals surface area contributed by atoms with Gasteiger partial charge in [-0.15, -0.1) is 0 Å². The predicted octanol–water partition coefficient (Wildman–Crippen LogP) is 5.81. The Morgan fingerprint density at radius 2 is 1.54 bits per heavy atom. The summed E-state index contributed by atoms with van der Waals surface area (Å²) < 4.78 is 30.2. The maximum atomic E-state index is 12.9. The molecule has 3 N–H and O–H groups in total. The lowest BCUT2D eigenvalue weighted by Gasteiger charge is -2.41. The number of aliphatic hydroxyl groups excluding tert-OH is 1. The van der Waals surface area contributed by atoms with Gasteiger partial charge in [-0.25, -0.2) is 9.59 Å². The van der Waals surface area contributed by atoms with Crippen molar-refractivity contribution in [3.63, 3.8) is 0 Å². The Morgan fingerprint density at radius 1 is 0.833 bits per heavy atom.